The van der Waals surface area contributed by atoms with Crippen LogP contribution in [0.3, 0.4) is 0 Å². The van der Waals surface area contributed by atoms with Gasteiger partial charge in [-0.25, -0.2) is 4.79 Å². The number of carbonyl (C=O) groups is 2. The molecule has 1 atom stereocenters. The second kappa shape index (κ2) is 5.77. The van der Waals surface area contributed by atoms with Gasteiger partial charge in [0, 0.05) is 7.11 Å². The maximum Gasteiger partial charge on any atom is 0.407 e. The summed E-state index contributed by atoms with van der Waals surface area (Å²) in [6.45, 7) is 7.23. The minimum Gasteiger partial charge on any atom is -0.444 e. The van der Waals surface area contributed by atoms with Crippen molar-refractivity contribution in [1.82, 2.24) is 5.32 Å². The van der Waals surface area contributed by atoms with Crippen LogP contribution in [0.15, 0.2) is 0 Å². The zero-order valence-corrected chi connectivity index (χ0v) is 12.2. The quantitative estimate of drug-likeness (QED) is 0.611. The van der Waals surface area contributed by atoms with Crippen LogP contribution in [-0.2, 0) is 19.0 Å². The largest absolute Gasteiger partial charge is 0.444 e. The molecule has 0 unspecified atom stereocenters. The molecular formula is C13H23NO5. The highest BCUT2D eigenvalue weighted by molar-refractivity contribution is 5.79. The number of alkyl carbamates (subject to hydrolysis) is 1. The van der Waals surface area contributed by atoms with Crippen molar-refractivity contribution < 1.29 is 23.8 Å². The molecule has 0 radical (unpaired) electrons. The summed E-state index contributed by atoms with van der Waals surface area (Å²) >= 11 is 0. The Bertz CT molecular complexity index is 343. The molecule has 1 rings (SSSR count). The van der Waals surface area contributed by atoms with E-state index >= 15 is 0 Å². The smallest absolute Gasteiger partial charge is 0.407 e. The van der Waals surface area contributed by atoms with E-state index in [2.05, 4.69) is 5.32 Å². The summed E-state index contributed by atoms with van der Waals surface area (Å²) in [5.41, 5.74) is -0.937. The predicted octanol–water partition coefficient (Wildman–Crippen LogP) is 1.83. The van der Waals surface area contributed by atoms with Crippen LogP contribution in [0.2, 0.25) is 0 Å². The van der Waals surface area contributed by atoms with Crippen LogP contribution in [-0.4, -0.2) is 37.6 Å². The van der Waals surface area contributed by atoms with Crippen molar-refractivity contribution >= 4 is 12.1 Å². The minimum absolute atomic E-state index is 0.0627. The van der Waals surface area contributed by atoms with Crippen LogP contribution in [0.1, 0.15) is 40.5 Å². The van der Waals surface area contributed by atoms with Gasteiger partial charge in [0.05, 0.1) is 12.0 Å². The van der Waals surface area contributed by atoms with Crippen molar-refractivity contribution in [3.63, 3.8) is 0 Å². The lowest BCUT2D eigenvalue weighted by molar-refractivity contribution is -0.178. The molecule has 19 heavy (non-hydrogen) atoms. The standard InChI is InChI=1S/C13H23NO5/c1-12(2,3)19-11(16)14-8-9(17-5)18-10(15)13(4)6-7-13/h9H,6-8H2,1-5H3,(H,14,16)/t9-/m0/s1. The van der Waals surface area contributed by atoms with Gasteiger partial charge in [-0.15, -0.1) is 0 Å². The summed E-state index contributed by atoms with van der Waals surface area (Å²) in [5.74, 6) is -0.287. The zero-order valence-electron chi connectivity index (χ0n) is 12.2. The lowest BCUT2D eigenvalue weighted by Crippen LogP contribution is -2.39. The van der Waals surface area contributed by atoms with E-state index in [1.54, 1.807) is 20.8 Å². The van der Waals surface area contributed by atoms with Crippen LogP contribution >= 0.6 is 0 Å². The molecule has 1 aliphatic rings. The highest BCUT2D eigenvalue weighted by Gasteiger charge is 2.47. The molecule has 0 bridgehead atoms. The minimum atomic E-state index is -0.794. The van der Waals surface area contributed by atoms with Gasteiger partial charge in [0.25, 0.3) is 0 Å². The number of hydrogen-bond acceptors (Lipinski definition) is 5. The molecule has 1 aliphatic carbocycles. The third kappa shape index (κ3) is 5.46. The van der Waals surface area contributed by atoms with Gasteiger partial charge in [-0.2, -0.15) is 0 Å². The molecule has 110 valence electrons. The normalized spacial score (nSPS) is 18.4. The van der Waals surface area contributed by atoms with Crippen LogP contribution in [0.25, 0.3) is 0 Å². The lowest BCUT2D eigenvalue weighted by Gasteiger charge is -2.22. The molecule has 6 nitrogen and oxygen atoms in total. The average molecular weight is 273 g/mol. The molecule has 1 fully saturated rings. The number of amides is 1. The fraction of sp³-hybridized carbons (Fsp3) is 0.846. The van der Waals surface area contributed by atoms with E-state index in [1.165, 1.54) is 7.11 Å². The van der Waals surface area contributed by atoms with E-state index in [4.69, 9.17) is 14.2 Å². The summed E-state index contributed by atoms with van der Waals surface area (Å²) in [6, 6.07) is 0. The van der Waals surface area contributed by atoms with Crippen LogP contribution < -0.4 is 5.32 Å². The molecular weight excluding hydrogens is 250 g/mol. The van der Waals surface area contributed by atoms with Gasteiger partial charge in [0.15, 0.2) is 0 Å². The number of hydrogen-bond donors (Lipinski definition) is 1. The number of rotatable bonds is 5. The highest BCUT2D eigenvalue weighted by atomic mass is 16.7. The first-order valence-corrected chi connectivity index (χ1v) is 6.37. The van der Waals surface area contributed by atoms with Crippen molar-refractivity contribution in [3.05, 3.63) is 0 Å². The maximum absolute atomic E-state index is 11.7. The van der Waals surface area contributed by atoms with Gasteiger partial charge in [-0.05, 0) is 40.5 Å². The monoisotopic (exact) mass is 273 g/mol. The van der Waals surface area contributed by atoms with E-state index in [0.29, 0.717) is 0 Å². The number of nitrogens with one attached hydrogen (secondary N) is 1. The molecule has 1 N–H and O–H groups in total. The van der Waals surface area contributed by atoms with E-state index in [-0.39, 0.29) is 17.9 Å². The number of ether oxygens (including phenoxy) is 3. The van der Waals surface area contributed by atoms with Crippen molar-refractivity contribution in [2.24, 2.45) is 5.41 Å². The Labute approximate surface area is 113 Å². The molecule has 0 aromatic heterocycles. The van der Waals surface area contributed by atoms with E-state index in [1.807, 2.05) is 6.92 Å². The van der Waals surface area contributed by atoms with Gasteiger partial charge in [-0.3, -0.25) is 4.79 Å². The first-order chi connectivity index (χ1) is 8.66. The lowest BCUT2D eigenvalue weighted by atomic mass is 10.1. The topological polar surface area (TPSA) is 73.9 Å². The zero-order chi connectivity index (χ0) is 14.7. The Morgan fingerprint density at radius 3 is 2.32 bits per heavy atom. The Balaban J connectivity index is 2.32. The average Bonchev–Trinajstić information content (AvgIpc) is 3.01. The van der Waals surface area contributed by atoms with E-state index < -0.39 is 18.0 Å². The molecule has 0 aromatic carbocycles. The Kier molecular flexibility index (Phi) is 4.79. The first-order valence-electron chi connectivity index (χ1n) is 6.37. The van der Waals surface area contributed by atoms with E-state index in [0.717, 1.165) is 12.8 Å². The van der Waals surface area contributed by atoms with Gasteiger partial charge < -0.3 is 19.5 Å². The van der Waals surface area contributed by atoms with Gasteiger partial charge in [0.2, 0.25) is 6.29 Å². The Hall–Kier alpha value is -1.30. The summed E-state index contributed by atoms with van der Waals surface area (Å²) in [6.07, 6.45) is 0.310. The third-order valence-corrected chi connectivity index (χ3v) is 2.81. The molecule has 0 heterocycles. The Morgan fingerprint density at radius 2 is 1.89 bits per heavy atom. The number of carbonyl (C=O) groups excluding carboxylic acids is 2. The van der Waals surface area contributed by atoms with Crippen molar-refractivity contribution in [1.29, 1.82) is 0 Å². The van der Waals surface area contributed by atoms with Crippen molar-refractivity contribution in [3.8, 4) is 0 Å². The summed E-state index contributed by atoms with van der Waals surface area (Å²) in [5, 5.41) is 2.50. The third-order valence-electron chi connectivity index (χ3n) is 2.81. The number of methoxy groups -OCH3 is 1. The van der Waals surface area contributed by atoms with Crippen LogP contribution in [0.4, 0.5) is 4.79 Å². The van der Waals surface area contributed by atoms with Crippen molar-refractivity contribution in [2.45, 2.75) is 52.4 Å². The molecule has 0 aromatic rings. The first kappa shape index (κ1) is 15.8. The predicted molar refractivity (Wildman–Crippen MR) is 68.5 cm³/mol. The SMILES string of the molecule is CO[C@H](CNC(=O)OC(C)(C)C)OC(=O)C1(C)CC1. The number of esters is 1. The highest BCUT2D eigenvalue weighted by Crippen LogP contribution is 2.46. The molecule has 0 saturated heterocycles. The fourth-order valence-electron chi connectivity index (χ4n) is 1.31. The summed E-state index contributed by atoms with van der Waals surface area (Å²) < 4.78 is 15.3. The summed E-state index contributed by atoms with van der Waals surface area (Å²) in [4.78, 5) is 23.2. The van der Waals surface area contributed by atoms with Crippen LogP contribution in [0, 0.1) is 5.41 Å². The molecule has 6 heteroatoms. The van der Waals surface area contributed by atoms with Gasteiger partial charge >= 0.3 is 12.1 Å². The van der Waals surface area contributed by atoms with Gasteiger partial charge in [-0.1, -0.05) is 0 Å². The fourth-order valence-corrected chi connectivity index (χ4v) is 1.31. The molecule has 0 aliphatic heterocycles. The maximum atomic E-state index is 11.7. The second-order valence-corrected chi connectivity index (χ2v) is 6.01. The van der Waals surface area contributed by atoms with Crippen molar-refractivity contribution in [2.75, 3.05) is 13.7 Å². The van der Waals surface area contributed by atoms with Gasteiger partial charge in [0.1, 0.15) is 5.60 Å². The van der Waals surface area contributed by atoms with E-state index in [9.17, 15) is 9.59 Å². The summed E-state index contributed by atoms with van der Waals surface area (Å²) in [7, 11) is 1.42. The molecule has 1 amide bonds. The second-order valence-electron chi connectivity index (χ2n) is 6.01. The molecule has 1 saturated carbocycles. The Morgan fingerprint density at radius 1 is 1.32 bits per heavy atom. The molecule has 0 spiro atoms. The van der Waals surface area contributed by atoms with Crippen LogP contribution in [0.5, 0.6) is 0 Å².